The third kappa shape index (κ3) is 2.67. The minimum Gasteiger partial charge on any atom is -0.326 e. The lowest BCUT2D eigenvalue weighted by Crippen LogP contribution is -2.46. The molecule has 0 spiro atoms. The monoisotopic (exact) mass is 300 g/mol. The molecule has 1 amide bonds. The molecule has 1 aliphatic rings. The van der Waals surface area contributed by atoms with E-state index in [1.165, 1.54) is 0 Å². The van der Waals surface area contributed by atoms with E-state index in [-0.39, 0.29) is 11.9 Å². The molecule has 0 radical (unpaired) electrons. The molecule has 3 nitrogen and oxygen atoms in total. The number of carbonyl (C=O) groups is 1. The van der Waals surface area contributed by atoms with Crippen molar-refractivity contribution in [1.82, 2.24) is 0 Å². The van der Waals surface area contributed by atoms with Crippen molar-refractivity contribution in [2.24, 2.45) is 5.73 Å². The quantitative estimate of drug-likeness (QED) is 0.879. The SMILES string of the molecule is Cc1cc(Cl)ccc1C(=O)N1CC(N)Cc2ccccc21. The summed E-state index contributed by atoms with van der Waals surface area (Å²) in [6, 6.07) is 13.2. The molecule has 1 heterocycles. The van der Waals surface area contributed by atoms with E-state index < -0.39 is 0 Å². The molecule has 0 aliphatic carbocycles. The zero-order chi connectivity index (χ0) is 15.0. The normalized spacial score (nSPS) is 17.5. The Labute approximate surface area is 129 Å². The number of carbonyl (C=O) groups excluding carboxylic acids is 1. The minimum atomic E-state index is -0.0311. The summed E-state index contributed by atoms with van der Waals surface area (Å²) in [4.78, 5) is 14.6. The molecule has 3 rings (SSSR count). The van der Waals surface area contributed by atoms with E-state index in [0.717, 1.165) is 23.2 Å². The molecule has 1 unspecified atom stereocenters. The van der Waals surface area contributed by atoms with Crippen LogP contribution >= 0.6 is 11.6 Å². The molecule has 2 N–H and O–H groups in total. The maximum atomic E-state index is 12.9. The molecule has 2 aromatic rings. The number of para-hydroxylation sites is 1. The van der Waals surface area contributed by atoms with Crippen LogP contribution in [0.3, 0.4) is 0 Å². The van der Waals surface area contributed by atoms with Gasteiger partial charge in [0.15, 0.2) is 0 Å². The van der Waals surface area contributed by atoms with Crippen LogP contribution in [0.4, 0.5) is 5.69 Å². The van der Waals surface area contributed by atoms with Crippen LogP contribution in [0.1, 0.15) is 21.5 Å². The first-order chi connectivity index (χ1) is 10.1. The van der Waals surface area contributed by atoms with Gasteiger partial charge in [-0.15, -0.1) is 0 Å². The van der Waals surface area contributed by atoms with Gasteiger partial charge in [-0.1, -0.05) is 29.8 Å². The van der Waals surface area contributed by atoms with Gasteiger partial charge in [0.25, 0.3) is 5.91 Å². The second kappa shape index (κ2) is 5.51. The summed E-state index contributed by atoms with van der Waals surface area (Å²) in [6.07, 6.45) is 0.805. The van der Waals surface area contributed by atoms with Gasteiger partial charge in [-0.2, -0.15) is 0 Å². The van der Waals surface area contributed by atoms with E-state index in [0.29, 0.717) is 17.1 Å². The Bertz CT molecular complexity index is 699. The van der Waals surface area contributed by atoms with E-state index in [1.807, 2.05) is 37.3 Å². The van der Waals surface area contributed by atoms with Crippen molar-refractivity contribution < 1.29 is 4.79 Å². The van der Waals surface area contributed by atoms with Crippen molar-refractivity contribution in [3.05, 3.63) is 64.2 Å². The number of aryl methyl sites for hydroxylation is 1. The number of hydrogen-bond donors (Lipinski definition) is 1. The van der Waals surface area contributed by atoms with Gasteiger partial charge in [0.05, 0.1) is 0 Å². The average molecular weight is 301 g/mol. The lowest BCUT2D eigenvalue weighted by molar-refractivity contribution is 0.0983. The van der Waals surface area contributed by atoms with E-state index in [2.05, 4.69) is 0 Å². The van der Waals surface area contributed by atoms with Gasteiger partial charge in [0.1, 0.15) is 0 Å². The molecule has 108 valence electrons. The predicted molar refractivity (Wildman–Crippen MR) is 86.0 cm³/mol. The lowest BCUT2D eigenvalue weighted by Gasteiger charge is -2.33. The number of anilines is 1. The molecule has 2 aromatic carbocycles. The fourth-order valence-corrected chi connectivity index (χ4v) is 3.06. The number of benzene rings is 2. The van der Waals surface area contributed by atoms with Crippen LogP contribution < -0.4 is 10.6 Å². The van der Waals surface area contributed by atoms with Crippen molar-refractivity contribution in [3.8, 4) is 0 Å². The zero-order valence-corrected chi connectivity index (χ0v) is 12.6. The molecule has 1 aliphatic heterocycles. The van der Waals surface area contributed by atoms with Gasteiger partial charge in [0, 0.05) is 28.9 Å². The predicted octanol–water partition coefficient (Wildman–Crippen LogP) is 3.18. The second-order valence-corrected chi connectivity index (χ2v) is 5.90. The molecule has 0 saturated heterocycles. The van der Waals surface area contributed by atoms with Crippen molar-refractivity contribution in [3.63, 3.8) is 0 Å². The molecular weight excluding hydrogens is 284 g/mol. The summed E-state index contributed by atoms with van der Waals surface area (Å²) in [7, 11) is 0. The van der Waals surface area contributed by atoms with Crippen LogP contribution in [0.15, 0.2) is 42.5 Å². The highest BCUT2D eigenvalue weighted by molar-refractivity contribution is 6.30. The summed E-state index contributed by atoms with van der Waals surface area (Å²) in [6.45, 7) is 2.44. The first kappa shape index (κ1) is 14.1. The largest absolute Gasteiger partial charge is 0.326 e. The van der Waals surface area contributed by atoms with Gasteiger partial charge < -0.3 is 10.6 Å². The Kier molecular flexibility index (Phi) is 3.70. The number of fused-ring (bicyclic) bond motifs is 1. The van der Waals surface area contributed by atoms with Gasteiger partial charge in [0.2, 0.25) is 0 Å². The van der Waals surface area contributed by atoms with Crippen LogP contribution in [0.5, 0.6) is 0 Å². The summed E-state index contributed by atoms with van der Waals surface area (Å²) >= 11 is 5.97. The summed E-state index contributed by atoms with van der Waals surface area (Å²) in [5, 5.41) is 0.639. The standard InChI is InChI=1S/C17H17ClN2O/c1-11-8-13(18)6-7-15(11)17(21)20-10-14(19)9-12-4-2-3-5-16(12)20/h2-8,14H,9-10,19H2,1H3. The minimum absolute atomic E-state index is 0.0215. The molecule has 4 heteroatoms. The van der Waals surface area contributed by atoms with Gasteiger partial charge >= 0.3 is 0 Å². The van der Waals surface area contributed by atoms with E-state index in [9.17, 15) is 4.79 Å². The smallest absolute Gasteiger partial charge is 0.258 e. The van der Waals surface area contributed by atoms with E-state index >= 15 is 0 Å². The Hall–Kier alpha value is -1.84. The number of amides is 1. The summed E-state index contributed by atoms with van der Waals surface area (Å²) < 4.78 is 0. The average Bonchev–Trinajstić information content (AvgIpc) is 2.45. The molecule has 0 bridgehead atoms. The van der Waals surface area contributed by atoms with Gasteiger partial charge in [-0.3, -0.25) is 4.79 Å². The number of nitrogens with zero attached hydrogens (tertiary/aromatic N) is 1. The maximum Gasteiger partial charge on any atom is 0.258 e. The third-order valence-corrected chi connectivity index (χ3v) is 4.08. The zero-order valence-electron chi connectivity index (χ0n) is 11.8. The third-order valence-electron chi connectivity index (χ3n) is 3.85. The van der Waals surface area contributed by atoms with E-state index in [4.69, 9.17) is 17.3 Å². The first-order valence-electron chi connectivity index (χ1n) is 6.98. The number of hydrogen-bond acceptors (Lipinski definition) is 2. The lowest BCUT2D eigenvalue weighted by atomic mass is 9.97. The Morgan fingerprint density at radius 1 is 1.29 bits per heavy atom. The van der Waals surface area contributed by atoms with Crippen LogP contribution in [0, 0.1) is 6.92 Å². The van der Waals surface area contributed by atoms with Crippen molar-refractivity contribution in [2.75, 3.05) is 11.4 Å². The highest BCUT2D eigenvalue weighted by Gasteiger charge is 2.27. The summed E-state index contributed by atoms with van der Waals surface area (Å²) in [5.74, 6) is -0.0215. The Morgan fingerprint density at radius 2 is 2.05 bits per heavy atom. The van der Waals surface area contributed by atoms with Crippen LogP contribution in [0.2, 0.25) is 5.02 Å². The Morgan fingerprint density at radius 3 is 2.81 bits per heavy atom. The summed E-state index contributed by atoms with van der Waals surface area (Å²) in [5.41, 5.74) is 9.73. The van der Waals surface area contributed by atoms with Crippen molar-refractivity contribution >= 4 is 23.2 Å². The maximum absolute atomic E-state index is 12.9. The van der Waals surface area contributed by atoms with Crippen LogP contribution in [-0.4, -0.2) is 18.5 Å². The fraction of sp³-hybridized carbons (Fsp3) is 0.235. The van der Waals surface area contributed by atoms with Gasteiger partial charge in [-0.05, 0) is 48.7 Å². The van der Waals surface area contributed by atoms with Gasteiger partial charge in [-0.25, -0.2) is 0 Å². The van der Waals surface area contributed by atoms with E-state index in [1.54, 1.807) is 17.0 Å². The highest BCUT2D eigenvalue weighted by atomic mass is 35.5. The molecule has 1 atom stereocenters. The number of nitrogens with two attached hydrogens (primary N) is 1. The van der Waals surface area contributed by atoms with Crippen LogP contribution in [-0.2, 0) is 6.42 Å². The molecule has 21 heavy (non-hydrogen) atoms. The fourth-order valence-electron chi connectivity index (χ4n) is 2.83. The molecular formula is C17H17ClN2O. The molecule has 0 fully saturated rings. The number of rotatable bonds is 1. The van der Waals surface area contributed by atoms with Crippen molar-refractivity contribution in [2.45, 2.75) is 19.4 Å². The Balaban J connectivity index is 2.02. The second-order valence-electron chi connectivity index (χ2n) is 5.47. The molecule has 0 saturated carbocycles. The topological polar surface area (TPSA) is 46.3 Å². The highest BCUT2D eigenvalue weighted by Crippen LogP contribution is 2.28. The van der Waals surface area contributed by atoms with Crippen molar-refractivity contribution in [1.29, 1.82) is 0 Å². The molecule has 0 aromatic heterocycles. The van der Waals surface area contributed by atoms with Crippen LogP contribution in [0.25, 0.3) is 0 Å². The number of halogens is 1. The first-order valence-corrected chi connectivity index (χ1v) is 7.35.